The van der Waals surface area contributed by atoms with Crippen LogP contribution in [0.3, 0.4) is 0 Å². The average molecular weight is 329 g/mol. The maximum absolute atomic E-state index is 13.3. The zero-order valence-electron chi connectivity index (χ0n) is 13.6. The Labute approximate surface area is 140 Å². The fourth-order valence-corrected chi connectivity index (χ4v) is 2.83. The fraction of sp³-hybridized carbons (Fsp3) is 0.316. The molecule has 0 bridgehead atoms. The van der Waals surface area contributed by atoms with Crippen molar-refractivity contribution in [2.24, 2.45) is 0 Å². The van der Waals surface area contributed by atoms with E-state index in [1.165, 1.54) is 12.1 Å². The van der Waals surface area contributed by atoms with Crippen LogP contribution in [-0.4, -0.2) is 37.1 Å². The molecule has 24 heavy (non-hydrogen) atoms. The van der Waals surface area contributed by atoms with Crippen LogP contribution in [0, 0.1) is 5.82 Å². The van der Waals surface area contributed by atoms with E-state index in [1.807, 2.05) is 24.3 Å². The number of nitrogens with zero attached hydrogens (tertiary/aromatic N) is 1. The average Bonchev–Trinajstić information content (AvgIpc) is 2.62. The van der Waals surface area contributed by atoms with Crippen molar-refractivity contribution in [1.29, 1.82) is 0 Å². The van der Waals surface area contributed by atoms with Crippen molar-refractivity contribution in [2.45, 2.75) is 18.9 Å². The molecule has 0 N–H and O–H groups in total. The molecule has 2 aromatic rings. The van der Waals surface area contributed by atoms with E-state index < -0.39 is 5.82 Å². The number of hydrogen-bond acceptors (Lipinski definition) is 3. The van der Waals surface area contributed by atoms with E-state index in [0.29, 0.717) is 18.7 Å². The highest BCUT2D eigenvalue weighted by atomic mass is 19.1. The van der Waals surface area contributed by atoms with Gasteiger partial charge in [-0.05, 0) is 42.5 Å². The molecule has 0 aliphatic carbocycles. The molecule has 0 atom stereocenters. The lowest BCUT2D eigenvalue weighted by Gasteiger charge is -2.32. The summed E-state index contributed by atoms with van der Waals surface area (Å²) in [4.78, 5) is 14.1. The SMILES string of the molecule is COc1ccc(OC2CCN(C(=O)c3cccc(F)c3)CC2)cc1. The zero-order valence-corrected chi connectivity index (χ0v) is 13.6. The van der Waals surface area contributed by atoms with E-state index in [2.05, 4.69) is 0 Å². The van der Waals surface area contributed by atoms with Gasteiger partial charge < -0.3 is 14.4 Å². The van der Waals surface area contributed by atoms with Gasteiger partial charge in [0, 0.05) is 31.5 Å². The maximum Gasteiger partial charge on any atom is 0.253 e. The number of methoxy groups -OCH3 is 1. The minimum absolute atomic E-state index is 0.0787. The highest BCUT2D eigenvalue weighted by Crippen LogP contribution is 2.22. The Hall–Kier alpha value is -2.56. The molecule has 1 heterocycles. The third-order valence-corrected chi connectivity index (χ3v) is 4.16. The normalized spacial score (nSPS) is 15.2. The highest BCUT2D eigenvalue weighted by Gasteiger charge is 2.24. The number of piperidine rings is 1. The smallest absolute Gasteiger partial charge is 0.253 e. The van der Waals surface area contributed by atoms with Crippen LogP contribution in [0.4, 0.5) is 4.39 Å². The Morgan fingerprint density at radius 3 is 2.38 bits per heavy atom. The largest absolute Gasteiger partial charge is 0.497 e. The number of amides is 1. The summed E-state index contributed by atoms with van der Waals surface area (Å²) in [6.07, 6.45) is 1.59. The van der Waals surface area contributed by atoms with Gasteiger partial charge in [0.1, 0.15) is 23.4 Å². The first kappa shape index (κ1) is 16.3. The lowest BCUT2D eigenvalue weighted by atomic mass is 10.1. The van der Waals surface area contributed by atoms with Crippen LogP contribution in [0.2, 0.25) is 0 Å². The zero-order chi connectivity index (χ0) is 16.9. The Kier molecular flexibility index (Phi) is 4.99. The van der Waals surface area contributed by atoms with Crippen molar-refractivity contribution < 1.29 is 18.7 Å². The van der Waals surface area contributed by atoms with E-state index in [-0.39, 0.29) is 12.0 Å². The molecule has 2 aromatic carbocycles. The van der Waals surface area contributed by atoms with Gasteiger partial charge in [-0.15, -0.1) is 0 Å². The standard InChI is InChI=1S/C19H20FNO3/c1-23-16-5-7-17(8-6-16)24-18-9-11-21(12-10-18)19(22)14-3-2-4-15(20)13-14/h2-8,13,18H,9-12H2,1H3. The predicted octanol–water partition coefficient (Wildman–Crippen LogP) is 3.52. The number of ether oxygens (including phenoxy) is 2. The molecule has 1 saturated heterocycles. The third-order valence-electron chi connectivity index (χ3n) is 4.16. The summed E-state index contributed by atoms with van der Waals surface area (Å²) in [6, 6.07) is 13.3. The predicted molar refractivity (Wildman–Crippen MR) is 88.9 cm³/mol. The second-order valence-corrected chi connectivity index (χ2v) is 5.80. The molecule has 0 unspecified atom stereocenters. The van der Waals surface area contributed by atoms with Crippen LogP contribution in [-0.2, 0) is 0 Å². The van der Waals surface area contributed by atoms with Crippen LogP contribution in [0.1, 0.15) is 23.2 Å². The van der Waals surface area contributed by atoms with Crippen molar-refractivity contribution in [3.63, 3.8) is 0 Å². The molecule has 5 heteroatoms. The Morgan fingerprint density at radius 1 is 1.08 bits per heavy atom. The fourth-order valence-electron chi connectivity index (χ4n) is 2.83. The molecule has 126 valence electrons. The lowest BCUT2D eigenvalue weighted by Crippen LogP contribution is -2.41. The van der Waals surface area contributed by atoms with Gasteiger partial charge in [0.25, 0.3) is 5.91 Å². The van der Waals surface area contributed by atoms with E-state index in [0.717, 1.165) is 24.3 Å². The number of carbonyl (C=O) groups excluding carboxylic acids is 1. The number of rotatable bonds is 4. The highest BCUT2D eigenvalue weighted by molar-refractivity contribution is 5.94. The van der Waals surface area contributed by atoms with Gasteiger partial charge in [0.2, 0.25) is 0 Å². The Morgan fingerprint density at radius 2 is 1.75 bits per heavy atom. The van der Waals surface area contributed by atoms with Crippen molar-refractivity contribution in [1.82, 2.24) is 4.90 Å². The number of hydrogen-bond donors (Lipinski definition) is 0. The first-order valence-electron chi connectivity index (χ1n) is 8.01. The molecule has 1 amide bonds. The Bertz CT molecular complexity index is 694. The monoisotopic (exact) mass is 329 g/mol. The molecule has 1 aliphatic rings. The first-order chi connectivity index (χ1) is 11.7. The number of carbonyl (C=O) groups is 1. The first-order valence-corrected chi connectivity index (χ1v) is 8.01. The maximum atomic E-state index is 13.3. The minimum atomic E-state index is -0.390. The summed E-state index contributed by atoms with van der Waals surface area (Å²) in [5, 5.41) is 0. The quantitative estimate of drug-likeness (QED) is 0.861. The molecule has 0 saturated carbocycles. The summed E-state index contributed by atoms with van der Waals surface area (Å²) >= 11 is 0. The van der Waals surface area contributed by atoms with E-state index in [4.69, 9.17) is 9.47 Å². The molecule has 3 rings (SSSR count). The summed E-state index contributed by atoms with van der Waals surface area (Å²) in [5.41, 5.74) is 0.393. The number of benzene rings is 2. The molecule has 4 nitrogen and oxygen atoms in total. The van der Waals surface area contributed by atoms with Crippen LogP contribution < -0.4 is 9.47 Å². The van der Waals surface area contributed by atoms with Crippen LogP contribution in [0.25, 0.3) is 0 Å². The topological polar surface area (TPSA) is 38.8 Å². The van der Waals surface area contributed by atoms with Crippen LogP contribution >= 0.6 is 0 Å². The van der Waals surface area contributed by atoms with Crippen molar-refractivity contribution >= 4 is 5.91 Å². The van der Waals surface area contributed by atoms with Gasteiger partial charge in [0.05, 0.1) is 7.11 Å². The number of likely N-dealkylation sites (tertiary alicyclic amines) is 1. The second-order valence-electron chi connectivity index (χ2n) is 5.80. The Balaban J connectivity index is 1.54. The van der Waals surface area contributed by atoms with E-state index in [1.54, 1.807) is 24.1 Å². The summed E-state index contributed by atoms with van der Waals surface area (Å²) in [7, 11) is 1.63. The lowest BCUT2D eigenvalue weighted by molar-refractivity contribution is 0.0595. The minimum Gasteiger partial charge on any atom is -0.497 e. The molecule has 0 aromatic heterocycles. The van der Waals surface area contributed by atoms with Crippen molar-refractivity contribution in [3.8, 4) is 11.5 Å². The van der Waals surface area contributed by atoms with Gasteiger partial charge in [-0.1, -0.05) is 6.07 Å². The number of halogens is 1. The van der Waals surface area contributed by atoms with Gasteiger partial charge in [-0.3, -0.25) is 4.79 Å². The second kappa shape index (κ2) is 7.34. The van der Waals surface area contributed by atoms with Gasteiger partial charge in [0.15, 0.2) is 0 Å². The molecule has 0 radical (unpaired) electrons. The molecule has 1 aliphatic heterocycles. The summed E-state index contributed by atoms with van der Waals surface area (Å²) in [6.45, 7) is 1.21. The third kappa shape index (κ3) is 3.85. The molecule has 0 spiro atoms. The van der Waals surface area contributed by atoms with Crippen molar-refractivity contribution in [2.75, 3.05) is 20.2 Å². The van der Waals surface area contributed by atoms with E-state index >= 15 is 0 Å². The van der Waals surface area contributed by atoms with Gasteiger partial charge >= 0.3 is 0 Å². The van der Waals surface area contributed by atoms with Gasteiger partial charge in [-0.25, -0.2) is 4.39 Å². The molecule has 1 fully saturated rings. The summed E-state index contributed by atoms with van der Waals surface area (Å²) in [5.74, 6) is 1.07. The van der Waals surface area contributed by atoms with Crippen LogP contribution in [0.15, 0.2) is 48.5 Å². The van der Waals surface area contributed by atoms with Gasteiger partial charge in [-0.2, -0.15) is 0 Å². The van der Waals surface area contributed by atoms with Crippen LogP contribution in [0.5, 0.6) is 11.5 Å². The molecular weight excluding hydrogens is 309 g/mol. The van der Waals surface area contributed by atoms with E-state index in [9.17, 15) is 9.18 Å². The summed E-state index contributed by atoms with van der Waals surface area (Å²) < 4.78 is 24.3. The van der Waals surface area contributed by atoms with Crippen molar-refractivity contribution in [3.05, 3.63) is 59.9 Å². The molecular formula is C19H20FNO3.